The van der Waals surface area contributed by atoms with Crippen molar-refractivity contribution in [3.05, 3.63) is 299 Å². The summed E-state index contributed by atoms with van der Waals surface area (Å²) in [5.74, 6) is 0.0510. The Bertz CT molecular complexity index is 7010. The molecular weight excluding hydrogens is 1840 g/mol. The highest BCUT2D eigenvalue weighted by atomic mass is 16.2. The lowest BCUT2D eigenvalue weighted by Gasteiger charge is -2.32. The molecule has 7 aromatic carbocycles. The number of amides is 4. The van der Waals surface area contributed by atoms with Crippen LogP contribution in [0.5, 0.6) is 0 Å². The van der Waals surface area contributed by atoms with Gasteiger partial charge in [0.25, 0.3) is 23.6 Å². The van der Waals surface area contributed by atoms with Gasteiger partial charge < -0.3 is 36.4 Å². The number of hydrogen-bond donors (Lipinski definition) is 9. The van der Waals surface area contributed by atoms with Crippen molar-refractivity contribution in [3.8, 4) is 44.5 Å². The number of fused-ring (bicyclic) bond motifs is 4. The van der Waals surface area contributed by atoms with Gasteiger partial charge in [-0.25, -0.2) is 4.98 Å². The minimum Gasteiger partial charge on any atom is -0.357 e. The van der Waals surface area contributed by atoms with Gasteiger partial charge in [0.15, 0.2) is 22.8 Å². The molecule has 16 aromatic rings. The first kappa shape index (κ1) is 98.5. The molecule has 0 aliphatic carbocycles. The molecule has 31 nitrogen and oxygen atoms in total. The minimum absolute atomic E-state index is 0.209. The van der Waals surface area contributed by atoms with Crippen LogP contribution in [0.15, 0.2) is 238 Å². The van der Waals surface area contributed by atoms with Gasteiger partial charge in [-0.05, 0) is 332 Å². The van der Waals surface area contributed by atoms with Gasteiger partial charge in [0, 0.05) is 222 Å². The highest BCUT2D eigenvalue weighted by molar-refractivity contribution is 6.15. The topological polar surface area (TPSA) is 337 Å². The molecule has 4 amide bonds. The van der Waals surface area contributed by atoms with Gasteiger partial charge in [-0.1, -0.05) is 67.1 Å². The SMILES string of the molecule is CN1CCN(Cc2cccc(NC(=O)c3n[nH]c4ccc(-c5cncc(CN6CCCC6)c5)cc34)c2)CC1.O=C(Nc1ccc(N2CCCC2)nc1)c1n[nH]c2ccc(-c3cncc(CN4CCCC4)c3)cc12.O=C(Nc1cccc(CN2CCCCC2)c1)c1n[nH]c2ccc(-c3cncc(CN4CCCC4)c3)cc12.O=C(Nc1cccc(CN2CCNCC2)c1)c1n[nH]c2ccc(-c3cncc(CN4CCCC4)c3)cc12. The third kappa shape index (κ3) is 25.4. The molecule has 0 spiro atoms. The fraction of sp³-hybridized carbons (Fsp3) is 0.353. The Morgan fingerprint density at radius 2 is 0.544 bits per heavy atom. The van der Waals surface area contributed by atoms with Gasteiger partial charge >= 0.3 is 0 Å². The molecule has 147 heavy (non-hydrogen) atoms. The molecule has 8 aliphatic heterocycles. The summed E-state index contributed by atoms with van der Waals surface area (Å²) in [5, 5.41) is 48.1. The van der Waals surface area contributed by atoms with E-state index in [4.69, 9.17) is 0 Å². The highest BCUT2D eigenvalue weighted by Gasteiger charge is 2.27. The summed E-state index contributed by atoms with van der Waals surface area (Å²) in [4.78, 5) is 97.3. The molecule has 754 valence electrons. The Morgan fingerprint density at radius 1 is 0.259 bits per heavy atom. The number of rotatable bonds is 27. The van der Waals surface area contributed by atoms with Crippen molar-refractivity contribution in [2.75, 3.05) is 164 Å². The zero-order valence-corrected chi connectivity index (χ0v) is 84.0. The second-order valence-corrected chi connectivity index (χ2v) is 40.6. The Kier molecular flexibility index (Phi) is 31.7. The number of anilines is 5. The van der Waals surface area contributed by atoms with Crippen molar-refractivity contribution < 1.29 is 19.2 Å². The number of nitrogens with zero attached hydrogens (tertiary/aromatic N) is 18. The first-order chi connectivity index (χ1) is 72.2. The summed E-state index contributed by atoms with van der Waals surface area (Å²) < 4.78 is 0. The number of carbonyl (C=O) groups excluding carboxylic acids is 4. The maximum absolute atomic E-state index is 13.3. The lowest BCUT2D eigenvalue weighted by atomic mass is 10.0. The fourth-order valence-electron chi connectivity index (χ4n) is 21.6. The zero-order valence-electron chi connectivity index (χ0n) is 84.0. The van der Waals surface area contributed by atoms with Crippen molar-refractivity contribution in [2.24, 2.45) is 0 Å². The molecule has 9 N–H and O–H groups in total. The van der Waals surface area contributed by atoms with Crippen LogP contribution < -0.4 is 31.5 Å². The van der Waals surface area contributed by atoms with Gasteiger partial charge in [-0.2, -0.15) is 20.4 Å². The molecule has 24 rings (SSSR count). The summed E-state index contributed by atoms with van der Waals surface area (Å²) in [6.45, 7) is 28.4. The summed E-state index contributed by atoms with van der Waals surface area (Å²) in [6, 6.07) is 61.3. The number of aromatic amines is 4. The average Bonchev–Trinajstić information content (AvgIpc) is 1.66. The van der Waals surface area contributed by atoms with Crippen molar-refractivity contribution in [1.82, 2.24) is 110 Å². The standard InChI is InChI=1S/C30H35N7O.C30H34N6O.C29H33N7O.C27H29N7O/c1-35-11-13-37(14-12-35)20-22-5-4-6-26(16-22)32-30(38)29-27-17-24(7-8-28(27)33-34-29)25-15-23(18-31-19-25)21-36-9-2-3-10-36;37-30(32-26-8-6-7-22(16-26)20-35-11-2-1-3-12-35)29-27-17-24(9-10-28(27)33-34-29)25-15-23(18-31-19-25)21-36-13-4-5-14-36;37-29(32-25-5-3-4-21(15-25)19-36-12-8-30-9-13-36)28-26-16-23(6-7-27(26)33-34-28)24-14-22(17-31-18-24)20-35-10-1-2-11-35;35-27(30-22-6-8-25(29-17-22)34-11-3-4-12-34)26-23-14-20(5-7-24(23)31-32-26)21-13-19(15-28-16-21)18-33-9-1-2-10-33/h4-8,15-19H,2-3,9-14,20-21H2,1H3,(H,32,38)(H,33,34);6-10,15-19H,1-5,11-14,20-21H2,(H,32,37)(H,33,34);3-7,14-18,30H,1-2,8-13,19-20H2,(H,32,37)(H,33,34);5-8,13-17H,1-4,9-12,18H2,(H,30,35)(H,31,32). The number of piperidine rings is 1. The lowest BCUT2D eigenvalue weighted by molar-refractivity contribution is 0.101. The van der Waals surface area contributed by atoms with Gasteiger partial charge in [-0.3, -0.25) is 93.8 Å². The number of carbonyl (C=O) groups is 4. The van der Waals surface area contributed by atoms with E-state index in [-0.39, 0.29) is 23.6 Å². The summed E-state index contributed by atoms with van der Waals surface area (Å²) >= 11 is 0. The average molecular weight is 1970 g/mol. The largest absolute Gasteiger partial charge is 0.357 e. The normalized spacial score (nSPS) is 16.8. The summed E-state index contributed by atoms with van der Waals surface area (Å²) in [7, 11) is 2.17. The van der Waals surface area contributed by atoms with E-state index in [1.165, 1.54) is 122 Å². The van der Waals surface area contributed by atoms with Crippen molar-refractivity contribution in [1.29, 1.82) is 0 Å². The molecule has 31 heteroatoms. The first-order valence-corrected chi connectivity index (χ1v) is 52.6. The number of hydrogen-bond acceptors (Lipinski definition) is 23. The molecule has 0 bridgehead atoms. The van der Waals surface area contributed by atoms with E-state index in [0.29, 0.717) is 28.5 Å². The minimum atomic E-state index is -0.259. The van der Waals surface area contributed by atoms with Crippen LogP contribution >= 0.6 is 0 Å². The monoisotopic (exact) mass is 1970 g/mol. The predicted octanol–water partition coefficient (Wildman–Crippen LogP) is 18.0. The number of pyridine rings is 5. The van der Waals surface area contributed by atoms with E-state index in [9.17, 15) is 19.2 Å². The lowest BCUT2D eigenvalue weighted by Crippen LogP contribution is -2.43. The smallest absolute Gasteiger partial charge is 0.276 e. The number of likely N-dealkylation sites (N-methyl/N-ethyl adjacent to an activating group) is 1. The maximum atomic E-state index is 13.3. The number of benzene rings is 7. The second kappa shape index (κ2) is 47.3. The van der Waals surface area contributed by atoms with E-state index in [1.807, 2.05) is 153 Å². The van der Waals surface area contributed by atoms with Gasteiger partial charge in [0.05, 0.1) is 34.0 Å². The van der Waals surface area contributed by atoms with E-state index < -0.39 is 0 Å². The zero-order chi connectivity index (χ0) is 99.6. The molecule has 0 radical (unpaired) electrons. The van der Waals surface area contributed by atoms with Crippen LogP contribution in [-0.4, -0.2) is 266 Å². The van der Waals surface area contributed by atoms with Crippen LogP contribution in [0, 0.1) is 0 Å². The maximum Gasteiger partial charge on any atom is 0.276 e. The number of likely N-dealkylation sites (tertiary alicyclic amines) is 5. The van der Waals surface area contributed by atoms with Crippen molar-refractivity contribution >= 4 is 95.8 Å². The van der Waals surface area contributed by atoms with E-state index in [2.05, 4.69) is 222 Å². The second-order valence-electron chi connectivity index (χ2n) is 40.6. The molecule has 8 saturated heterocycles. The third-order valence-electron chi connectivity index (χ3n) is 29.5. The summed E-state index contributed by atoms with van der Waals surface area (Å²) in [6.07, 6.45) is 33.5. The quantitative estimate of drug-likeness (QED) is 0.0231. The molecule has 17 heterocycles. The van der Waals surface area contributed by atoms with Crippen molar-refractivity contribution in [2.45, 2.75) is 129 Å². The van der Waals surface area contributed by atoms with Crippen LogP contribution in [0.25, 0.3) is 88.1 Å². The molecular formula is C116H131N27O4. The molecule has 8 aliphatic rings. The predicted molar refractivity (Wildman–Crippen MR) is 582 cm³/mol. The summed E-state index contributed by atoms with van der Waals surface area (Å²) in [5.41, 5.74) is 24.7. The molecule has 9 aromatic heterocycles. The fourth-order valence-corrected chi connectivity index (χ4v) is 21.6. The van der Waals surface area contributed by atoms with Gasteiger partial charge in [-0.15, -0.1) is 0 Å². The van der Waals surface area contributed by atoms with Crippen molar-refractivity contribution in [3.63, 3.8) is 0 Å². The Hall–Kier alpha value is -14.5. The molecule has 0 unspecified atom stereocenters. The Labute approximate surface area is 857 Å². The van der Waals surface area contributed by atoms with Crippen LogP contribution in [-0.2, 0) is 45.8 Å². The van der Waals surface area contributed by atoms with E-state index in [0.717, 1.165) is 288 Å². The Balaban J connectivity index is 0.000000115. The Morgan fingerprint density at radius 3 is 0.857 bits per heavy atom. The third-order valence-corrected chi connectivity index (χ3v) is 29.5. The van der Waals surface area contributed by atoms with Crippen LogP contribution in [0.3, 0.4) is 0 Å². The number of H-pyrrole nitrogens is 4. The first-order valence-electron chi connectivity index (χ1n) is 52.6. The van der Waals surface area contributed by atoms with E-state index >= 15 is 0 Å². The van der Waals surface area contributed by atoms with Gasteiger partial charge in [0.1, 0.15) is 5.82 Å². The molecule has 0 atom stereocenters. The number of aromatic nitrogens is 13. The number of nitrogens with one attached hydrogen (secondary N) is 9. The highest BCUT2D eigenvalue weighted by Crippen LogP contribution is 2.35. The van der Waals surface area contributed by atoms with Gasteiger partial charge in [0.2, 0.25) is 0 Å². The molecule has 0 saturated carbocycles. The number of piperazine rings is 2. The molecule has 8 fully saturated rings. The van der Waals surface area contributed by atoms with E-state index in [1.54, 1.807) is 6.20 Å². The van der Waals surface area contributed by atoms with Crippen LogP contribution in [0.1, 0.15) is 164 Å². The van der Waals surface area contributed by atoms with Crippen LogP contribution in [0.2, 0.25) is 0 Å². The van der Waals surface area contributed by atoms with Crippen LogP contribution in [0.4, 0.5) is 28.6 Å².